The fourth-order valence-corrected chi connectivity index (χ4v) is 4.13. The van der Waals surface area contributed by atoms with Crippen molar-refractivity contribution in [2.75, 3.05) is 6.54 Å². The van der Waals surface area contributed by atoms with Gasteiger partial charge in [-0.3, -0.25) is 9.69 Å². The standard InChI is InChI=1S/C14H17N3OS2/c15-13(18)12-3-1-2-5-17(12)7-11-9-20-14(16-11)10-4-6-19-8-10/h4,6,8-9,12H,1-3,5,7H2,(H2,15,18). The molecule has 1 aliphatic rings. The number of carbonyl (C=O) groups is 1. The van der Waals surface area contributed by atoms with E-state index < -0.39 is 0 Å². The van der Waals surface area contributed by atoms with Gasteiger partial charge in [-0.15, -0.1) is 11.3 Å². The van der Waals surface area contributed by atoms with Crippen molar-refractivity contribution < 1.29 is 4.79 Å². The minimum atomic E-state index is -0.210. The van der Waals surface area contributed by atoms with Gasteiger partial charge in [0, 0.05) is 22.9 Å². The topological polar surface area (TPSA) is 59.2 Å². The molecule has 1 amide bonds. The van der Waals surface area contributed by atoms with Crippen LogP contribution in [0.15, 0.2) is 22.2 Å². The predicted molar refractivity (Wildman–Crippen MR) is 82.7 cm³/mol. The number of piperidine rings is 1. The van der Waals surface area contributed by atoms with Gasteiger partial charge in [-0.25, -0.2) is 4.98 Å². The van der Waals surface area contributed by atoms with Crippen molar-refractivity contribution >= 4 is 28.6 Å². The third kappa shape index (κ3) is 2.92. The van der Waals surface area contributed by atoms with Crippen molar-refractivity contribution in [3.05, 3.63) is 27.9 Å². The van der Waals surface area contributed by atoms with E-state index in [4.69, 9.17) is 5.73 Å². The summed E-state index contributed by atoms with van der Waals surface area (Å²) in [4.78, 5) is 18.3. The second-order valence-corrected chi connectivity index (χ2v) is 6.68. The summed E-state index contributed by atoms with van der Waals surface area (Å²) in [5.41, 5.74) is 7.71. The molecule has 1 aliphatic heterocycles. The molecule has 1 saturated heterocycles. The molecule has 106 valence electrons. The molecule has 0 bridgehead atoms. The molecule has 2 aromatic rings. The minimum Gasteiger partial charge on any atom is -0.368 e. The van der Waals surface area contributed by atoms with Gasteiger partial charge in [-0.1, -0.05) is 6.42 Å². The Morgan fingerprint density at radius 2 is 2.35 bits per heavy atom. The highest BCUT2D eigenvalue weighted by atomic mass is 32.1. The zero-order chi connectivity index (χ0) is 13.9. The summed E-state index contributed by atoms with van der Waals surface area (Å²) < 4.78 is 0. The van der Waals surface area contributed by atoms with E-state index in [0.29, 0.717) is 6.54 Å². The Labute approximate surface area is 126 Å². The summed E-state index contributed by atoms with van der Waals surface area (Å²) in [5.74, 6) is -0.210. The van der Waals surface area contributed by atoms with Gasteiger partial charge in [-0.2, -0.15) is 11.3 Å². The number of nitrogens with two attached hydrogens (primary N) is 1. The van der Waals surface area contributed by atoms with Gasteiger partial charge >= 0.3 is 0 Å². The van der Waals surface area contributed by atoms with E-state index in [1.165, 1.54) is 5.56 Å². The summed E-state index contributed by atoms with van der Waals surface area (Å²) in [6.07, 6.45) is 3.09. The van der Waals surface area contributed by atoms with Gasteiger partial charge in [0.25, 0.3) is 0 Å². The first-order valence-corrected chi connectivity index (χ1v) is 8.56. The van der Waals surface area contributed by atoms with Gasteiger partial charge in [-0.05, 0) is 30.8 Å². The number of primary amides is 1. The van der Waals surface area contributed by atoms with Crippen LogP contribution in [0.5, 0.6) is 0 Å². The molecule has 0 radical (unpaired) electrons. The van der Waals surface area contributed by atoms with Crippen LogP contribution in [0.1, 0.15) is 25.0 Å². The summed E-state index contributed by atoms with van der Waals surface area (Å²) in [6, 6.07) is 1.95. The van der Waals surface area contributed by atoms with E-state index in [9.17, 15) is 4.79 Å². The Morgan fingerprint density at radius 1 is 1.45 bits per heavy atom. The first-order valence-electron chi connectivity index (χ1n) is 6.74. The van der Waals surface area contributed by atoms with Crippen LogP contribution in [0, 0.1) is 0 Å². The van der Waals surface area contributed by atoms with E-state index in [2.05, 4.69) is 32.1 Å². The summed E-state index contributed by atoms with van der Waals surface area (Å²) in [5, 5.41) is 7.30. The summed E-state index contributed by atoms with van der Waals surface area (Å²) in [7, 11) is 0. The zero-order valence-corrected chi connectivity index (χ0v) is 12.8. The number of nitrogens with zero attached hydrogens (tertiary/aromatic N) is 2. The zero-order valence-electron chi connectivity index (χ0n) is 11.1. The van der Waals surface area contributed by atoms with Crippen LogP contribution in [0.4, 0.5) is 0 Å². The van der Waals surface area contributed by atoms with Crippen molar-refractivity contribution in [3.63, 3.8) is 0 Å². The smallest absolute Gasteiger partial charge is 0.234 e. The van der Waals surface area contributed by atoms with Gasteiger partial charge in [0.15, 0.2) is 0 Å². The number of hydrogen-bond donors (Lipinski definition) is 1. The van der Waals surface area contributed by atoms with E-state index in [-0.39, 0.29) is 11.9 Å². The first-order chi connectivity index (χ1) is 9.74. The molecule has 1 unspecified atom stereocenters. The SMILES string of the molecule is NC(=O)C1CCCCN1Cc1csc(-c2ccsc2)n1. The number of rotatable bonds is 4. The Kier molecular flexibility index (Phi) is 4.14. The van der Waals surface area contributed by atoms with Gasteiger partial charge in [0.05, 0.1) is 11.7 Å². The molecule has 4 nitrogen and oxygen atoms in total. The van der Waals surface area contributed by atoms with Crippen LogP contribution in [-0.2, 0) is 11.3 Å². The fourth-order valence-electron chi connectivity index (χ4n) is 2.61. The summed E-state index contributed by atoms with van der Waals surface area (Å²) >= 11 is 3.34. The highest BCUT2D eigenvalue weighted by molar-refractivity contribution is 7.14. The number of likely N-dealkylation sites (tertiary alicyclic amines) is 1. The largest absolute Gasteiger partial charge is 0.368 e. The van der Waals surface area contributed by atoms with Gasteiger partial charge in [0.1, 0.15) is 5.01 Å². The average Bonchev–Trinajstić information content (AvgIpc) is 3.09. The van der Waals surface area contributed by atoms with Crippen LogP contribution in [0.25, 0.3) is 10.6 Å². The number of thiophene rings is 1. The lowest BCUT2D eigenvalue weighted by atomic mass is 10.0. The number of amides is 1. The van der Waals surface area contributed by atoms with Crippen LogP contribution in [-0.4, -0.2) is 28.4 Å². The molecule has 2 N–H and O–H groups in total. The average molecular weight is 307 g/mol. The highest BCUT2D eigenvalue weighted by Gasteiger charge is 2.27. The van der Waals surface area contributed by atoms with Crippen molar-refractivity contribution in [1.82, 2.24) is 9.88 Å². The molecule has 0 aliphatic carbocycles. The molecule has 6 heteroatoms. The van der Waals surface area contributed by atoms with Crippen LogP contribution >= 0.6 is 22.7 Å². The van der Waals surface area contributed by atoms with E-state index in [1.54, 1.807) is 22.7 Å². The number of aromatic nitrogens is 1. The Hall–Kier alpha value is -1.24. The fraction of sp³-hybridized carbons (Fsp3) is 0.429. The third-order valence-corrected chi connectivity index (χ3v) is 5.25. The van der Waals surface area contributed by atoms with Crippen molar-refractivity contribution in [3.8, 4) is 10.6 Å². The maximum absolute atomic E-state index is 11.5. The van der Waals surface area contributed by atoms with Gasteiger partial charge < -0.3 is 5.73 Å². The van der Waals surface area contributed by atoms with E-state index >= 15 is 0 Å². The molecule has 2 aromatic heterocycles. The number of hydrogen-bond acceptors (Lipinski definition) is 5. The lowest BCUT2D eigenvalue weighted by Crippen LogP contribution is -2.47. The highest BCUT2D eigenvalue weighted by Crippen LogP contribution is 2.27. The normalized spacial score (nSPS) is 20.1. The van der Waals surface area contributed by atoms with Crippen LogP contribution in [0.3, 0.4) is 0 Å². The molecular formula is C14H17N3OS2. The van der Waals surface area contributed by atoms with E-state index in [1.807, 2.05) is 0 Å². The molecule has 1 fully saturated rings. The molecule has 3 heterocycles. The predicted octanol–water partition coefficient (Wildman–Crippen LogP) is 2.71. The molecule has 0 saturated carbocycles. The quantitative estimate of drug-likeness (QED) is 0.945. The van der Waals surface area contributed by atoms with E-state index in [0.717, 1.165) is 36.5 Å². The van der Waals surface area contributed by atoms with Crippen molar-refractivity contribution in [2.45, 2.75) is 31.8 Å². The van der Waals surface area contributed by atoms with Gasteiger partial charge in [0.2, 0.25) is 5.91 Å². The molecule has 1 atom stereocenters. The van der Waals surface area contributed by atoms with Crippen molar-refractivity contribution in [1.29, 1.82) is 0 Å². The molecule has 20 heavy (non-hydrogen) atoms. The minimum absolute atomic E-state index is 0.130. The monoisotopic (exact) mass is 307 g/mol. The Bertz CT molecular complexity index is 579. The molecule has 0 spiro atoms. The molecule has 3 rings (SSSR count). The lowest BCUT2D eigenvalue weighted by molar-refractivity contribution is -0.124. The number of thiazole rings is 1. The lowest BCUT2D eigenvalue weighted by Gasteiger charge is -2.32. The summed E-state index contributed by atoms with van der Waals surface area (Å²) in [6.45, 7) is 1.65. The first kappa shape index (κ1) is 13.7. The molecule has 0 aromatic carbocycles. The Morgan fingerprint density at radius 3 is 3.10 bits per heavy atom. The third-order valence-electron chi connectivity index (χ3n) is 3.63. The second kappa shape index (κ2) is 6.03. The number of carbonyl (C=O) groups excluding carboxylic acids is 1. The van der Waals surface area contributed by atoms with Crippen LogP contribution in [0.2, 0.25) is 0 Å². The molecular weight excluding hydrogens is 290 g/mol. The maximum atomic E-state index is 11.5. The second-order valence-electron chi connectivity index (χ2n) is 5.04. The Balaban J connectivity index is 1.72. The van der Waals surface area contributed by atoms with Crippen molar-refractivity contribution in [2.24, 2.45) is 5.73 Å². The van der Waals surface area contributed by atoms with Crippen LogP contribution < -0.4 is 5.73 Å². The maximum Gasteiger partial charge on any atom is 0.234 e.